The number of hydrogen-bond donors (Lipinski definition) is 1. The lowest BCUT2D eigenvalue weighted by Gasteiger charge is -2.15. The molecule has 0 bridgehead atoms. The van der Waals surface area contributed by atoms with Gasteiger partial charge in [0.2, 0.25) is 0 Å². The number of nitrogens with one attached hydrogen (secondary N) is 1. The van der Waals surface area contributed by atoms with Gasteiger partial charge in [-0.2, -0.15) is 0 Å². The minimum atomic E-state index is 0.681. The topological polar surface area (TPSA) is 34.2 Å². The van der Waals surface area contributed by atoms with Crippen molar-refractivity contribution in [2.24, 2.45) is 5.92 Å². The summed E-state index contributed by atoms with van der Waals surface area (Å²) >= 11 is 0. The molecule has 0 aliphatic carbocycles. The quantitative estimate of drug-likeness (QED) is 0.732. The van der Waals surface area contributed by atoms with Crippen LogP contribution in [0.5, 0.6) is 5.75 Å². The smallest absolute Gasteiger partial charge is 0.128 e. The summed E-state index contributed by atoms with van der Waals surface area (Å²) in [5, 5.41) is 3.47. The van der Waals surface area contributed by atoms with E-state index in [2.05, 4.69) is 31.1 Å². The summed E-state index contributed by atoms with van der Waals surface area (Å²) in [4.78, 5) is 4.55. The Labute approximate surface area is 117 Å². The average molecular weight is 264 g/mol. The van der Waals surface area contributed by atoms with E-state index in [1.165, 1.54) is 17.7 Å². The Hall–Kier alpha value is -1.09. The molecule has 0 aromatic carbocycles. The predicted molar refractivity (Wildman–Crippen MR) is 80.9 cm³/mol. The number of aryl methyl sites for hydroxylation is 2. The van der Waals surface area contributed by atoms with E-state index in [4.69, 9.17) is 4.74 Å². The second-order valence-electron chi connectivity index (χ2n) is 5.39. The first kappa shape index (κ1) is 16.0. The van der Waals surface area contributed by atoms with Crippen molar-refractivity contribution in [3.63, 3.8) is 0 Å². The molecular weight excluding hydrogens is 236 g/mol. The van der Waals surface area contributed by atoms with E-state index in [0.29, 0.717) is 5.92 Å². The lowest BCUT2D eigenvalue weighted by molar-refractivity contribution is 0.406. The normalized spacial score (nSPS) is 12.5. The zero-order chi connectivity index (χ0) is 14.3. The summed E-state index contributed by atoms with van der Waals surface area (Å²) in [7, 11) is 1.73. The molecule has 0 saturated carbocycles. The van der Waals surface area contributed by atoms with E-state index in [1.54, 1.807) is 7.11 Å². The highest BCUT2D eigenvalue weighted by molar-refractivity contribution is 5.41. The molecule has 3 nitrogen and oxygen atoms in total. The summed E-state index contributed by atoms with van der Waals surface area (Å²) < 4.78 is 5.45. The molecule has 1 aromatic heterocycles. The number of pyridine rings is 1. The Morgan fingerprint density at radius 1 is 1.37 bits per heavy atom. The Morgan fingerprint density at radius 3 is 2.74 bits per heavy atom. The molecule has 0 aliphatic rings. The summed E-state index contributed by atoms with van der Waals surface area (Å²) in [6.45, 7) is 10.8. The standard InChI is InChI=1S/C16H28N2O/c1-6-9-17-10-12(2)7-8-15-14(4)16(19-5)13(3)11-18-15/h11-12,17H,6-10H2,1-5H3. The SMILES string of the molecule is CCCNCC(C)CCc1ncc(C)c(OC)c1C. The van der Waals surface area contributed by atoms with Gasteiger partial charge in [0.15, 0.2) is 0 Å². The van der Waals surface area contributed by atoms with Gasteiger partial charge in [0.25, 0.3) is 0 Å². The van der Waals surface area contributed by atoms with Crippen molar-refractivity contribution in [3.8, 4) is 5.75 Å². The fourth-order valence-electron chi connectivity index (χ4n) is 2.33. The minimum absolute atomic E-state index is 0.681. The van der Waals surface area contributed by atoms with Crippen LogP contribution in [0, 0.1) is 19.8 Å². The monoisotopic (exact) mass is 264 g/mol. The first-order valence-corrected chi connectivity index (χ1v) is 7.29. The van der Waals surface area contributed by atoms with Gasteiger partial charge < -0.3 is 10.1 Å². The maximum Gasteiger partial charge on any atom is 0.128 e. The number of ether oxygens (including phenoxy) is 1. The van der Waals surface area contributed by atoms with Crippen molar-refractivity contribution < 1.29 is 4.74 Å². The zero-order valence-corrected chi connectivity index (χ0v) is 13.0. The Balaban J connectivity index is 2.53. The largest absolute Gasteiger partial charge is 0.496 e. The molecule has 108 valence electrons. The van der Waals surface area contributed by atoms with E-state index < -0.39 is 0 Å². The van der Waals surface area contributed by atoms with Crippen LogP contribution in [0.4, 0.5) is 0 Å². The maximum absolute atomic E-state index is 5.45. The predicted octanol–water partition coefficient (Wildman–Crippen LogP) is 3.28. The third-order valence-corrected chi connectivity index (χ3v) is 3.54. The van der Waals surface area contributed by atoms with Crippen LogP contribution in [-0.4, -0.2) is 25.2 Å². The molecule has 1 heterocycles. The fourth-order valence-corrected chi connectivity index (χ4v) is 2.33. The van der Waals surface area contributed by atoms with E-state index in [0.717, 1.165) is 37.2 Å². The molecule has 1 rings (SSSR count). The first-order chi connectivity index (χ1) is 9.10. The number of methoxy groups -OCH3 is 1. The van der Waals surface area contributed by atoms with Crippen LogP contribution in [0.25, 0.3) is 0 Å². The summed E-state index contributed by atoms with van der Waals surface area (Å²) in [5.74, 6) is 1.67. The van der Waals surface area contributed by atoms with E-state index in [9.17, 15) is 0 Å². The van der Waals surface area contributed by atoms with Gasteiger partial charge in [0.1, 0.15) is 5.75 Å². The molecule has 19 heavy (non-hydrogen) atoms. The Morgan fingerprint density at radius 2 is 2.11 bits per heavy atom. The molecule has 0 fully saturated rings. The van der Waals surface area contributed by atoms with Gasteiger partial charge in [-0.25, -0.2) is 0 Å². The van der Waals surface area contributed by atoms with Gasteiger partial charge in [-0.05, 0) is 52.1 Å². The van der Waals surface area contributed by atoms with Crippen molar-refractivity contribution in [1.29, 1.82) is 0 Å². The summed E-state index contributed by atoms with van der Waals surface area (Å²) in [5.41, 5.74) is 3.47. The second-order valence-corrected chi connectivity index (χ2v) is 5.39. The Bertz CT molecular complexity index is 391. The van der Waals surface area contributed by atoms with Crippen LogP contribution >= 0.6 is 0 Å². The molecule has 1 atom stereocenters. The molecular formula is C16H28N2O. The number of aromatic nitrogens is 1. The van der Waals surface area contributed by atoms with Crippen molar-refractivity contribution in [2.45, 2.75) is 47.0 Å². The summed E-state index contributed by atoms with van der Waals surface area (Å²) in [6, 6.07) is 0. The van der Waals surface area contributed by atoms with Crippen molar-refractivity contribution in [1.82, 2.24) is 10.3 Å². The van der Waals surface area contributed by atoms with Gasteiger partial charge >= 0.3 is 0 Å². The van der Waals surface area contributed by atoms with E-state index in [1.807, 2.05) is 13.1 Å². The average Bonchev–Trinajstić information content (AvgIpc) is 2.39. The van der Waals surface area contributed by atoms with Gasteiger partial charge in [-0.15, -0.1) is 0 Å². The van der Waals surface area contributed by atoms with Gasteiger partial charge in [-0.1, -0.05) is 13.8 Å². The van der Waals surface area contributed by atoms with Crippen LogP contribution < -0.4 is 10.1 Å². The molecule has 1 aromatic rings. The Kier molecular flexibility index (Phi) is 6.85. The summed E-state index contributed by atoms with van der Waals surface area (Å²) in [6.07, 6.45) is 5.30. The lowest BCUT2D eigenvalue weighted by atomic mass is 10.0. The number of nitrogens with zero attached hydrogens (tertiary/aromatic N) is 1. The third kappa shape index (κ3) is 4.83. The zero-order valence-electron chi connectivity index (χ0n) is 13.0. The number of hydrogen-bond acceptors (Lipinski definition) is 3. The molecule has 0 amide bonds. The number of rotatable bonds is 8. The minimum Gasteiger partial charge on any atom is -0.496 e. The van der Waals surface area contributed by atoms with Gasteiger partial charge in [0.05, 0.1) is 7.11 Å². The highest BCUT2D eigenvalue weighted by Gasteiger charge is 2.10. The molecule has 0 aliphatic heterocycles. The fraction of sp³-hybridized carbons (Fsp3) is 0.688. The highest BCUT2D eigenvalue weighted by atomic mass is 16.5. The van der Waals surface area contributed by atoms with E-state index in [-0.39, 0.29) is 0 Å². The molecule has 0 spiro atoms. The second kappa shape index (κ2) is 8.16. The highest BCUT2D eigenvalue weighted by Crippen LogP contribution is 2.25. The molecule has 0 radical (unpaired) electrons. The molecule has 1 N–H and O–H groups in total. The van der Waals surface area contributed by atoms with Crippen molar-refractivity contribution >= 4 is 0 Å². The molecule has 0 saturated heterocycles. The lowest BCUT2D eigenvalue weighted by Crippen LogP contribution is -2.22. The van der Waals surface area contributed by atoms with Gasteiger partial charge in [0, 0.05) is 23.0 Å². The first-order valence-electron chi connectivity index (χ1n) is 7.29. The van der Waals surface area contributed by atoms with Crippen LogP contribution in [0.3, 0.4) is 0 Å². The third-order valence-electron chi connectivity index (χ3n) is 3.54. The van der Waals surface area contributed by atoms with Crippen molar-refractivity contribution in [2.75, 3.05) is 20.2 Å². The van der Waals surface area contributed by atoms with Crippen LogP contribution in [0.2, 0.25) is 0 Å². The van der Waals surface area contributed by atoms with Crippen LogP contribution in [0.15, 0.2) is 6.20 Å². The molecule has 3 heteroatoms. The van der Waals surface area contributed by atoms with Crippen molar-refractivity contribution in [3.05, 3.63) is 23.0 Å². The van der Waals surface area contributed by atoms with Crippen LogP contribution in [0.1, 0.15) is 43.5 Å². The van der Waals surface area contributed by atoms with Gasteiger partial charge in [-0.3, -0.25) is 4.98 Å². The molecule has 1 unspecified atom stereocenters. The van der Waals surface area contributed by atoms with E-state index >= 15 is 0 Å². The van der Waals surface area contributed by atoms with Crippen LogP contribution in [-0.2, 0) is 6.42 Å². The maximum atomic E-state index is 5.45.